The zero-order valence-electron chi connectivity index (χ0n) is 40.5. The molecule has 20 nitrogen and oxygen atoms in total. The number of pyridine rings is 2. The summed E-state index contributed by atoms with van der Waals surface area (Å²) in [6.07, 6.45) is 8.57. The second-order valence-electron chi connectivity index (χ2n) is 18.0. The fraction of sp³-hybridized carbons (Fsp3) is 0.231. The Balaban J connectivity index is 0.000000212. The maximum absolute atomic E-state index is 11.8. The van der Waals surface area contributed by atoms with E-state index < -0.39 is 28.3 Å². The van der Waals surface area contributed by atoms with E-state index in [9.17, 15) is 19.7 Å². The molecule has 0 saturated heterocycles. The lowest BCUT2D eigenvalue weighted by atomic mass is 10.1. The largest absolute Gasteiger partial charge is 0.488 e. The molecule has 0 atom stereocenters. The number of fused-ring (bicyclic) bond motifs is 2. The van der Waals surface area contributed by atoms with Crippen LogP contribution < -0.4 is 36.5 Å². The Morgan fingerprint density at radius 1 is 0.556 bits per heavy atom. The number of nitro benzene ring substituents is 1. The number of nitro groups is 1. The fourth-order valence-corrected chi connectivity index (χ4v) is 6.79. The van der Waals surface area contributed by atoms with Gasteiger partial charge in [-0.3, -0.25) is 20.1 Å². The van der Waals surface area contributed by atoms with Gasteiger partial charge in [-0.05, 0) is 101 Å². The third-order valence-corrected chi connectivity index (χ3v) is 9.96. The maximum atomic E-state index is 11.8. The number of non-ortho nitro benzene ring substituents is 1. The summed E-state index contributed by atoms with van der Waals surface area (Å²) in [6, 6.07) is 29.1. The molecule has 4 aromatic carbocycles. The first-order valence-corrected chi connectivity index (χ1v) is 22.6. The molecule has 0 fully saturated rings. The van der Waals surface area contributed by atoms with Gasteiger partial charge in [-0.2, -0.15) is 0 Å². The quantitative estimate of drug-likeness (QED) is 0.0363. The molecule has 0 saturated carbocycles. The predicted molar refractivity (Wildman–Crippen MR) is 273 cm³/mol. The van der Waals surface area contributed by atoms with E-state index in [4.69, 9.17) is 24.7 Å². The number of carbonyl (C=O) groups is 2. The highest BCUT2D eigenvalue weighted by Crippen LogP contribution is 2.34. The van der Waals surface area contributed by atoms with Gasteiger partial charge in [-0.15, -0.1) is 0 Å². The van der Waals surface area contributed by atoms with E-state index in [0.717, 1.165) is 33.3 Å². The van der Waals surface area contributed by atoms with Gasteiger partial charge in [-0.25, -0.2) is 29.5 Å². The lowest BCUT2D eigenvalue weighted by Crippen LogP contribution is -2.32. The van der Waals surface area contributed by atoms with Crippen molar-refractivity contribution in [2.75, 3.05) is 16.4 Å². The van der Waals surface area contributed by atoms with Crippen LogP contribution in [-0.2, 0) is 35.8 Å². The predicted octanol–water partition coefficient (Wildman–Crippen LogP) is 10.2. The Morgan fingerprint density at radius 3 is 1.44 bits per heavy atom. The number of anilines is 5. The van der Waals surface area contributed by atoms with E-state index in [0.29, 0.717) is 57.8 Å². The summed E-state index contributed by atoms with van der Waals surface area (Å²) in [4.78, 5) is 60.4. The van der Waals surface area contributed by atoms with Gasteiger partial charge in [0, 0.05) is 40.3 Å². The second kappa shape index (κ2) is 22.9. The number of hydrogen-bond donors (Lipinski definition) is 5. The first kappa shape index (κ1) is 50.7. The normalized spacial score (nSPS) is 11.1. The van der Waals surface area contributed by atoms with Crippen molar-refractivity contribution in [3.63, 3.8) is 0 Å². The van der Waals surface area contributed by atoms with E-state index in [2.05, 4.69) is 51.2 Å². The summed E-state index contributed by atoms with van der Waals surface area (Å²) in [6.45, 7) is 11.8. The highest BCUT2D eigenvalue weighted by molar-refractivity contribution is 5.97. The van der Waals surface area contributed by atoms with Crippen molar-refractivity contribution < 1.29 is 33.5 Å². The molecule has 0 aliphatic rings. The van der Waals surface area contributed by atoms with Crippen molar-refractivity contribution >= 4 is 68.4 Å². The Kier molecular flexibility index (Phi) is 16.1. The van der Waals surface area contributed by atoms with Crippen LogP contribution in [0.1, 0.15) is 64.1 Å². The molecule has 0 radical (unpaired) electrons. The highest BCUT2D eigenvalue weighted by atomic mass is 16.6. The van der Waals surface area contributed by atoms with Gasteiger partial charge in [0.15, 0.2) is 0 Å². The number of alkyl carbamates (subject to hydrolysis) is 2. The van der Waals surface area contributed by atoms with Gasteiger partial charge in [0.05, 0.1) is 59.6 Å². The molecule has 4 aromatic heterocycles. The number of hydrogen-bond acceptors (Lipinski definition) is 17. The fourth-order valence-electron chi connectivity index (χ4n) is 6.79. The summed E-state index contributed by atoms with van der Waals surface area (Å²) in [5.41, 5.74) is 8.65. The van der Waals surface area contributed by atoms with Crippen molar-refractivity contribution in [1.82, 2.24) is 40.5 Å². The lowest BCUT2D eigenvalue weighted by molar-refractivity contribution is -0.383. The summed E-state index contributed by atoms with van der Waals surface area (Å²) < 4.78 is 22.5. The molecule has 4 heterocycles. The Hall–Kier alpha value is -9.20. The van der Waals surface area contributed by atoms with Crippen molar-refractivity contribution in [1.29, 1.82) is 0 Å². The molecule has 8 rings (SSSR count). The van der Waals surface area contributed by atoms with Gasteiger partial charge in [0.25, 0.3) is 5.69 Å². The first-order valence-electron chi connectivity index (χ1n) is 22.6. The van der Waals surface area contributed by atoms with Crippen LogP contribution in [0.15, 0.2) is 134 Å². The maximum Gasteiger partial charge on any atom is 0.407 e. The van der Waals surface area contributed by atoms with Gasteiger partial charge >= 0.3 is 12.2 Å². The number of nitrogens with one attached hydrogen (secondary N) is 4. The van der Waals surface area contributed by atoms with Gasteiger partial charge in [0.2, 0.25) is 0 Å². The number of benzene rings is 4. The first-order chi connectivity index (χ1) is 34.4. The van der Waals surface area contributed by atoms with Crippen LogP contribution in [0.2, 0.25) is 0 Å². The van der Waals surface area contributed by atoms with Crippen LogP contribution >= 0.6 is 0 Å². The molecule has 0 spiro atoms. The van der Waals surface area contributed by atoms with E-state index >= 15 is 0 Å². The molecule has 370 valence electrons. The number of aromatic nitrogens is 6. The summed E-state index contributed by atoms with van der Waals surface area (Å²) in [5.74, 6) is 3.48. The third-order valence-electron chi connectivity index (χ3n) is 9.96. The number of carbonyl (C=O) groups excluding carboxylic acids is 2. The van der Waals surface area contributed by atoms with Crippen LogP contribution in [0.25, 0.3) is 21.5 Å². The van der Waals surface area contributed by atoms with Gasteiger partial charge < -0.3 is 45.9 Å². The minimum atomic E-state index is -0.578. The molecule has 72 heavy (non-hydrogen) atoms. The summed E-state index contributed by atoms with van der Waals surface area (Å²) in [5, 5.41) is 26.0. The number of nitrogens with two attached hydrogens (primary N) is 1. The Morgan fingerprint density at radius 2 is 1.00 bits per heavy atom. The minimum absolute atomic E-state index is 0.0334. The third kappa shape index (κ3) is 14.9. The van der Waals surface area contributed by atoms with Crippen molar-refractivity contribution in [3.05, 3.63) is 167 Å². The molecule has 6 N–H and O–H groups in total. The van der Waals surface area contributed by atoms with Crippen molar-refractivity contribution in [2.45, 2.75) is 79.0 Å². The van der Waals surface area contributed by atoms with Crippen LogP contribution in [0, 0.1) is 10.1 Å². The average Bonchev–Trinajstić information content (AvgIpc) is 3.34. The molecule has 0 bridgehead atoms. The van der Waals surface area contributed by atoms with E-state index in [1.165, 1.54) is 6.07 Å². The lowest BCUT2D eigenvalue weighted by Gasteiger charge is -2.19. The zero-order chi connectivity index (χ0) is 51.3. The number of ether oxygens (including phenoxy) is 4. The van der Waals surface area contributed by atoms with Crippen LogP contribution in [0.4, 0.5) is 44.2 Å². The van der Waals surface area contributed by atoms with Crippen molar-refractivity contribution in [3.8, 4) is 11.5 Å². The standard InChI is InChI=1S/C26H26N6O5.C26H28N6O3/c1-26(2,3)37-25(33)30-14-18-13-29-24(15-28-18)31-23-12-17(10-11-27-23)16-36-22-9-8-21(32(34)35)19-6-4-5-7-20(19)22;1-26(2,3)35-25(33)31-14-18-13-30-24(15-29-18)32-23-12-17(10-11-28-23)16-34-22-9-8-21(27)19-6-4-5-7-20(19)22/h4-13,15H,14,16H2,1-3H3,(H,30,33)(H,27,29,31);4-13,15H,14,16,27H2,1-3H3,(H,31,33)(H,28,30,32). The molecule has 8 aromatic rings. The summed E-state index contributed by atoms with van der Waals surface area (Å²) >= 11 is 0. The van der Waals surface area contributed by atoms with E-state index in [1.807, 2.05) is 87.5 Å². The molecule has 0 aliphatic heterocycles. The average molecular weight is 975 g/mol. The van der Waals surface area contributed by atoms with Gasteiger partial charge in [-0.1, -0.05) is 42.5 Å². The minimum Gasteiger partial charge on any atom is -0.488 e. The molecular weight excluding hydrogens is 921 g/mol. The smallest absolute Gasteiger partial charge is 0.407 e. The number of nitrogens with zero attached hydrogens (tertiary/aromatic N) is 7. The Bertz CT molecular complexity index is 3160. The molecule has 0 unspecified atom stereocenters. The monoisotopic (exact) mass is 974 g/mol. The van der Waals surface area contributed by atoms with Crippen LogP contribution in [-0.4, -0.2) is 58.2 Å². The molecule has 2 amide bonds. The van der Waals surface area contributed by atoms with Crippen molar-refractivity contribution in [2.24, 2.45) is 0 Å². The molecule has 0 aliphatic carbocycles. The number of nitrogen functional groups attached to an aromatic ring is 1. The highest BCUT2D eigenvalue weighted by Gasteiger charge is 2.18. The van der Waals surface area contributed by atoms with Crippen LogP contribution in [0.3, 0.4) is 0 Å². The molecule has 20 heteroatoms. The number of amides is 2. The van der Waals surface area contributed by atoms with Gasteiger partial charge in [0.1, 0.15) is 59.2 Å². The molecular formula is C52H54N12O8. The number of rotatable bonds is 15. The SMILES string of the molecule is CC(C)(C)OC(=O)NCc1cnc(Nc2cc(COc3ccc(N)c4ccccc34)ccn2)cn1.CC(C)(C)OC(=O)NCc1cnc(Nc2cc(COc3ccc([N+](=O)[O-])c4ccccc34)ccn2)cn1. The topological polar surface area (TPSA) is 266 Å². The Labute approximate surface area is 414 Å². The zero-order valence-corrected chi connectivity index (χ0v) is 40.5. The van der Waals surface area contributed by atoms with E-state index in [1.54, 1.807) is 82.2 Å². The van der Waals surface area contributed by atoms with E-state index in [-0.39, 0.29) is 25.4 Å². The second-order valence-corrected chi connectivity index (χ2v) is 18.0. The van der Waals surface area contributed by atoms with Crippen LogP contribution in [0.5, 0.6) is 11.5 Å². The summed E-state index contributed by atoms with van der Waals surface area (Å²) in [7, 11) is 0.